The first kappa shape index (κ1) is 21.6. The number of rotatable bonds is 8. The molecule has 1 aliphatic heterocycles. The quantitative estimate of drug-likeness (QED) is 0.323. The van der Waals surface area contributed by atoms with Gasteiger partial charge in [0.2, 0.25) is 0 Å². The molecular formula is C20H17F2NO3S3. The van der Waals surface area contributed by atoms with Crippen LogP contribution in [-0.2, 0) is 9.59 Å². The summed E-state index contributed by atoms with van der Waals surface area (Å²) < 4.78 is 27.3. The first-order valence-electron chi connectivity index (χ1n) is 8.85. The largest absolute Gasteiger partial charge is 0.481 e. The predicted octanol–water partition coefficient (Wildman–Crippen LogP) is 5.54. The molecule has 1 amide bonds. The molecule has 1 saturated heterocycles. The Morgan fingerprint density at radius 2 is 1.83 bits per heavy atom. The molecule has 3 rings (SSSR count). The van der Waals surface area contributed by atoms with Gasteiger partial charge in [-0.05, 0) is 53.6 Å². The van der Waals surface area contributed by atoms with Crippen molar-refractivity contribution in [1.29, 1.82) is 0 Å². The fourth-order valence-electron chi connectivity index (χ4n) is 2.85. The molecule has 9 heteroatoms. The van der Waals surface area contributed by atoms with E-state index in [1.807, 2.05) is 0 Å². The van der Waals surface area contributed by atoms with Crippen LogP contribution in [-0.4, -0.2) is 32.7 Å². The first-order valence-corrected chi connectivity index (χ1v) is 11.0. The number of amides is 1. The van der Waals surface area contributed by atoms with Crippen molar-refractivity contribution in [1.82, 2.24) is 4.90 Å². The lowest BCUT2D eigenvalue weighted by Crippen LogP contribution is -2.29. The molecule has 1 aromatic heterocycles. The van der Waals surface area contributed by atoms with Gasteiger partial charge in [0.25, 0.3) is 5.91 Å². The van der Waals surface area contributed by atoms with Crippen molar-refractivity contribution in [2.75, 3.05) is 6.54 Å². The minimum atomic E-state index is -0.824. The molecule has 0 aliphatic carbocycles. The van der Waals surface area contributed by atoms with E-state index in [0.29, 0.717) is 46.2 Å². The standard InChI is InChI=1S/C20H17F2NO3S3/c21-14-6-12(7-15(22)9-14)13-8-16(28-11-13)10-17-19(26)23(20(27)29-17)5-3-1-2-4-18(24)25/h6-11H,1-5H2,(H,24,25). The highest BCUT2D eigenvalue weighted by atomic mass is 32.2. The van der Waals surface area contributed by atoms with E-state index in [-0.39, 0.29) is 12.3 Å². The highest BCUT2D eigenvalue weighted by molar-refractivity contribution is 8.26. The number of aliphatic carboxylic acids is 1. The monoisotopic (exact) mass is 453 g/mol. The number of thiocarbonyl (C=S) groups is 1. The van der Waals surface area contributed by atoms with Crippen molar-refractivity contribution < 1.29 is 23.5 Å². The second-order valence-electron chi connectivity index (χ2n) is 6.43. The number of carbonyl (C=O) groups is 2. The third-order valence-electron chi connectivity index (χ3n) is 4.23. The Balaban J connectivity index is 1.65. The molecule has 0 spiro atoms. The lowest BCUT2D eigenvalue weighted by atomic mass is 10.1. The van der Waals surface area contributed by atoms with Gasteiger partial charge in [-0.25, -0.2) is 8.78 Å². The average molecular weight is 454 g/mol. The Kier molecular flexibility index (Phi) is 7.15. The molecule has 0 atom stereocenters. The van der Waals surface area contributed by atoms with Gasteiger partial charge >= 0.3 is 5.97 Å². The molecule has 0 radical (unpaired) electrons. The molecule has 1 aliphatic rings. The maximum atomic E-state index is 13.4. The normalized spacial score (nSPS) is 15.5. The van der Waals surface area contributed by atoms with E-state index in [4.69, 9.17) is 17.3 Å². The van der Waals surface area contributed by atoms with Crippen molar-refractivity contribution in [3.63, 3.8) is 0 Å². The van der Waals surface area contributed by atoms with Crippen molar-refractivity contribution in [3.8, 4) is 11.1 Å². The Morgan fingerprint density at radius 1 is 1.10 bits per heavy atom. The van der Waals surface area contributed by atoms with Gasteiger partial charge in [-0.2, -0.15) is 0 Å². The van der Waals surface area contributed by atoms with Crippen molar-refractivity contribution in [3.05, 3.63) is 51.1 Å². The number of hydrogen-bond donors (Lipinski definition) is 1. The zero-order valence-electron chi connectivity index (χ0n) is 15.2. The molecule has 2 heterocycles. The molecule has 2 aromatic rings. The van der Waals surface area contributed by atoms with Crippen LogP contribution >= 0.6 is 35.3 Å². The maximum Gasteiger partial charge on any atom is 0.303 e. The summed E-state index contributed by atoms with van der Waals surface area (Å²) in [6, 6.07) is 5.12. The molecule has 0 saturated carbocycles. The lowest BCUT2D eigenvalue weighted by molar-refractivity contribution is -0.137. The number of nitrogens with zero attached hydrogens (tertiary/aromatic N) is 1. The van der Waals surface area contributed by atoms with Crippen molar-refractivity contribution in [2.24, 2.45) is 0 Å². The van der Waals surface area contributed by atoms with Gasteiger partial charge in [0.05, 0.1) is 4.91 Å². The summed E-state index contributed by atoms with van der Waals surface area (Å²) >= 11 is 7.88. The Hall–Kier alpha value is -2.10. The lowest BCUT2D eigenvalue weighted by Gasteiger charge is -2.13. The number of unbranched alkanes of at least 4 members (excludes halogenated alkanes) is 2. The van der Waals surface area contributed by atoms with Crippen LogP contribution in [0.25, 0.3) is 17.2 Å². The van der Waals surface area contributed by atoms with Crippen molar-refractivity contribution >= 4 is 57.6 Å². The van der Waals surface area contributed by atoms with E-state index in [9.17, 15) is 18.4 Å². The van der Waals surface area contributed by atoms with Gasteiger partial charge in [-0.3, -0.25) is 14.5 Å². The van der Waals surface area contributed by atoms with E-state index >= 15 is 0 Å². The van der Waals surface area contributed by atoms with Gasteiger partial charge in [0.15, 0.2) is 0 Å². The molecule has 0 unspecified atom stereocenters. The summed E-state index contributed by atoms with van der Waals surface area (Å²) in [6.45, 7) is 0.458. The number of carbonyl (C=O) groups excluding carboxylic acids is 1. The number of carboxylic acids is 1. The number of benzene rings is 1. The number of thiophene rings is 1. The molecule has 0 bridgehead atoms. The Bertz CT molecular complexity index is 967. The van der Waals surface area contributed by atoms with Gasteiger partial charge in [0.1, 0.15) is 16.0 Å². The van der Waals surface area contributed by atoms with Crippen LogP contribution in [0.5, 0.6) is 0 Å². The molecule has 4 nitrogen and oxygen atoms in total. The summed E-state index contributed by atoms with van der Waals surface area (Å²) in [6.07, 6.45) is 3.81. The van der Waals surface area contributed by atoms with Crippen LogP contribution in [0.2, 0.25) is 0 Å². The van der Waals surface area contributed by atoms with E-state index in [2.05, 4.69) is 0 Å². The third-order valence-corrected chi connectivity index (χ3v) is 6.49. The molecule has 152 valence electrons. The third kappa shape index (κ3) is 5.71. The smallest absolute Gasteiger partial charge is 0.303 e. The van der Waals surface area contributed by atoms with Crippen LogP contribution < -0.4 is 0 Å². The van der Waals surface area contributed by atoms with Crippen molar-refractivity contribution in [2.45, 2.75) is 25.7 Å². The SMILES string of the molecule is O=C(O)CCCCCN1C(=O)C(=Cc2cc(-c3cc(F)cc(F)c3)cs2)SC1=S. The summed E-state index contributed by atoms with van der Waals surface area (Å²) in [5.74, 6) is -2.28. The fraction of sp³-hybridized carbons (Fsp3) is 0.250. The summed E-state index contributed by atoms with van der Waals surface area (Å²) in [5, 5.41) is 10.4. The summed E-state index contributed by atoms with van der Waals surface area (Å²) in [5.41, 5.74) is 1.11. The topological polar surface area (TPSA) is 57.6 Å². The van der Waals surface area contributed by atoms with Crippen LogP contribution in [0.3, 0.4) is 0 Å². The number of hydrogen-bond acceptors (Lipinski definition) is 5. The maximum absolute atomic E-state index is 13.4. The van der Waals surface area contributed by atoms with Crippen LogP contribution in [0.4, 0.5) is 8.78 Å². The van der Waals surface area contributed by atoms with Crippen LogP contribution in [0, 0.1) is 11.6 Å². The Labute approximate surface area is 180 Å². The molecule has 1 fully saturated rings. The van der Waals surface area contributed by atoms with E-state index < -0.39 is 17.6 Å². The Morgan fingerprint density at radius 3 is 2.52 bits per heavy atom. The van der Waals surface area contributed by atoms with Gasteiger partial charge in [0, 0.05) is 23.9 Å². The molecule has 29 heavy (non-hydrogen) atoms. The van der Waals surface area contributed by atoms with E-state index in [0.717, 1.165) is 10.9 Å². The molecule has 1 N–H and O–H groups in total. The zero-order chi connectivity index (χ0) is 21.0. The van der Waals surface area contributed by atoms with E-state index in [1.54, 1.807) is 17.5 Å². The predicted molar refractivity (Wildman–Crippen MR) is 116 cm³/mol. The van der Waals surface area contributed by atoms with Crippen LogP contribution in [0.1, 0.15) is 30.6 Å². The van der Waals surface area contributed by atoms with Gasteiger partial charge < -0.3 is 5.11 Å². The molecular weight excluding hydrogens is 436 g/mol. The van der Waals surface area contributed by atoms with Crippen LogP contribution in [0.15, 0.2) is 34.6 Å². The number of halogens is 2. The average Bonchev–Trinajstić information content (AvgIpc) is 3.20. The number of thioether (sulfide) groups is 1. The zero-order valence-corrected chi connectivity index (χ0v) is 17.6. The fourth-order valence-corrected chi connectivity index (χ4v) is 5.07. The highest BCUT2D eigenvalue weighted by Crippen LogP contribution is 2.35. The van der Waals surface area contributed by atoms with Gasteiger partial charge in [-0.15, -0.1) is 11.3 Å². The first-order chi connectivity index (χ1) is 13.8. The summed E-state index contributed by atoms with van der Waals surface area (Å²) in [7, 11) is 0. The highest BCUT2D eigenvalue weighted by Gasteiger charge is 2.31. The number of carboxylic acid groups (broad SMARTS) is 1. The second-order valence-corrected chi connectivity index (χ2v) is 9.05. The molecule has 1 aromatic carbocycles. The summed E-state index contributed by atoms with van der Waals surface area (Å²) in [4.78, 5) is 26.0. The minimum Gasteiger partial charge on any atom is -0.481 e. The van der Waals surface area contributed by atoms with E-state index in [1.165, 1.54) is 40.1 Å². The minimum absolute atomic E-state index is 0.119. The second kappa shape index (κ2) is 9.60. The van der Waals surface area contributed by atoms with Gasteiger partial charge in [-0.1, -0.05) is 30.4 Å².